The molecule has 0 spiro atoms. The van der Waals surface area contributed by atoms with Gasteiger partial charge < -0.3 is 10.0 Å². The third kappa shape index (κ3) is 5.19. The Labute approximate surface area is 149 Å². The average molecular weight is 394 g/mol. The molecular formula is C17H20BrN3O3. The zero-order valence-corrected chi connectivity index (χ0v) is 15.3. The number of aromatic nitrogens is 2. The van der Waals surface area contributed by atoms with Gasteiger partial charge in [0.15, 0.2) is 0 Å². The zero-order chi connectivity index (χ0) is 17.7. The molecule has 2 rings (SSSR count). The van der Waals surface area contributed by atoms with E-state index < -0.39 is 5.97 Å². The first-order chi connectivity index (χ1) is 11.3. The molecule has 0 aliphatic heterocycles. The third-order valence-electron chi connectivity index (χ3n) is 3.60. The van der Waals surface area contributed by atoms with Gasteiger partial charge in [-0.05, 0) is 37.6 Å². The molecule has 0 saturated carbocycles. The number of aryl methyl sites for hydroxylation is 2. The number of rotatable bonds is 7. The number of amides is 1. The van der Waals surface area contributed by atoms with Crippen LogP contribution in [0.1, 0.15) is 23.4 Å². The maximum atomic E-state index is 12.6. The Kier molecular flexibility index (Phi) is 6.14. The number of nitrogens with zero attached hydrogens (tertiary/aromatic N) is 3. The summed E-state index contributed by atoms with van der Waals surface area (Å²) in [6.45, 7) is 4.40. The van der Waals surface area contributed by atoms with Gasteiger partial charge in [-0.15, -0.1) is 0 Å². The van der Waals surface area contributed by atoms with Crippen LogP contribution < -0.4 is 0 Å². The molecule has 0 fully saturated rings. The number of carbonyl (C=O) groups excluding carboxylic acids is 1. The standard InChI is InChI=1S/C17H20BrN3O3/c1-12-8-13(2)21(19-12)11-16(22)20(7-6-17(23)24)10-14-4-3-5-15(18)9-14/h3-5,8-9H,6-7,10-11H2,1-2H3,(H,23,24). The van der Waals surface area contributed by atoms with Crippen LogP contribution in [-0.2, 0) is 22.7 Å². The van der Waals surface area contributed by atoms with Crippen LogP contribution in [0.4, 0.5) is 0 Å². The van der Waals surface area contributed by atoms with Gasteiger partial charge >= 0.3 is 5.97 Å². The van der Waals surface area contributed by atoms with Gasteiger partial charge in [0, 0.05) is 23.3 Å². The molecule has 1 heterocycles. The highest BCUT2D eigenvalue weighted by Crippen LogP contribution is 2.14. The Morgan fingerprint density at radius 1 is 1.29 bits per heavy atom. The van der Waals surface area contributed by atoms with Gasteiger partial charge in [-0.1, -0.05) is 28.1 Å². The first kappa shape index (κ1) is 18.2. The molecule has 1 amide bonds. The number of halogens is 1. The van der Waals surface area contributed by atoms with Crippen molar-refractivity contribution in [3.8, 4) is 0 Å². The first-order valence-electron chi connectivity index (χ1n) is 7.60. The third-order valence-corrected chi connectivity index (χ3v) is 4.09. The van der Waals surface area contributed by atoms with Crippen molar-refractivity contribution in [3.05, 3.63) is 51.8 Å². The summed E-state index contributed by atoms with van der Waals surface area (Å²) >= 11 is 3.41. The Morgan fingerprint density at radius 3 is 2.62 bits per heavy atom. The van der Waals surface area contributed by atoms with Gasteiger partial charge in [0.1, 0.15) is 6.54 Å². The van der Waals surface area contributed by atoms with Gasteiger partial charge in [0.25, 0.3) is 0 Å². The lowest BCUT2D eigenvalue weighted by molar-refractivity contribution is -0.139. The highest BCUT2D eigenvalue weighted by Gasteiger charge is 2.17. The number of benzene rings is 1. The predicted octanol–water partition coefficient (Wildman–Crippen LogP) is 2.77. The SMILES string of the molecule is Cc1cc(C)n(CC(=O)N(CCC(=O)O)Cc2cccc(Br)c2)n1. The van der Waals surface area contributed by atoms with Gasteiger partial charge in [-0.25, -0.2) is 0 Å². The smallest absolute Gasteiger partial charge is 0.305 e. The van der Waals surface area contributed by atoms with E-state index in [-0.39, 0.29) is 25.4 Å². The molecule has 0 aliphatic rings. The summed E-state index contributed by atoms with van der Waals surface area (Å²) in [6.07, 6.45) is -0.0864. The van der Waals surface area contributed by atoms with E-state index in [1.54, 1.807) is 9.58 Å². The number of hydrogen-bond donors (Lipinski definition) is 1. The molecule has 24 heavy (non-hydrogen) atoms. The summed E-state index contributed by atoms with van der Waals surface area (Å²) < 4.78 is 2.57. The van der Waals surface area contributed by atoms with Crippen molar-refractivity contribution < 1.29 is 14.7 Å². The van der Waals surface area contributed by atoms with Crippen LogP contribution in [-0.4, -0.2) is 38.2 Å². The molecule has 0 radical (unpaired) electrons. The average Bonchev–Trinajstić information content (AvgIpc) is 2.81. The summed E-state index contributed by atoms with van der Waals surface area (Å²) in [6, 6.07) is 9.53. The first-order valence-corrected chi connectivity index (χ1v) is 8.39. The Hall–Kier alpha value is -2.15. The fourth-order valence-electron chi connectivity index (χ4n) is 2.44. The van der Waals surface area contributed by atoms with Gasteiger partial charge in [0.05, 0.1) is 12.1 Å². The van der Waals surface area contributed by atoms with E-state index in [2.05, 4.69) is 21.0 Å². The van der Waals surface area contributed by atoms with E-state index in [1.165, 1.54) is 0 Å². The minimum Gasteiger partial charge on any atom is -0.481 e. The Balaban J connectivity index is 2.13. The molecule has 0 bridgehead atoms. The van der Waals surface area contributed by atoms with Crippen LogP contribution in [0.3, 0.4) is 0 Å². The summed E-state index contributed by atoms with van der Waals surface area (Å²) in [7, 11) is 0. The lowest BCUT2D eigenvalue weighted by atomic mass is 10.2. The summed E-state index contributed by atoms with van der Waals surface area (Å²) in [5, 5.41) is 13.2. The lowest BCUT2D eigenvalue weighted by Gasteiger charge is -2.22. The molecular weight excluding hydrogens is 374 g/mol. The second-order valence-corrected chi connectivity index (χ2v) is 6.59. The van der Waals surface area contributed by atoms with Crippen LogP contribution >= 0.6 is 15.9 Å². The van der Waals surface area contributed by atoms with Gasteiger partial charge in [-0.3, -0.25) is 14.3 Å². The zero-order valence-electron chi connectivity index (χ0n) is 13.7. The number of carboxylic acids is 1. The maximum absolute atomic E-state index is 12.6. The van der Waals surface area contributed by atoms with E-state index in [0.717, 1.165) is 21.4 Å². The van der Waals surface area contributed by atoms with Gasteiger partial charge in [0.2, 0.25) is 5.91 Å². The summed E-state index contributed by atoms with van der Waals surface area (Å²) in [4.78, 5) is 25.1. The van der Waals surface area contributed by atoms with Crippen molar-refractivity contribution in [1.29, 1.82) is 0 Å². The Morgan fingerprint density at radius 2 is 2.04 bits per heavy atom. The molecule has 1 N–H and O–H groups in total. The van der Waals surface area contributed by atoms with Crippen molar-refractivity contribution in [2.24, 2.45) is 0 Å². The fourth-order valence-corrected chi connectivity index (χ4v) is 2.89. The topological polar surface area (TPSA) is 75.4 Å². The van der Waals surface area contributed by atoms with E-state index >= 15 is 0 Å². The number of carboxylic acid groups (broad SMARTS) is 1. The second-order valence-electron chi connectivity index (χ2n) is 5.67. The number of hydrogen-bond acceptors (Lipinski definition) is 3. The predicted molar refractivity (Wildman–Crippen MR) is 93.5 cm³/mol. The van der Waals surface area contributed by atoms with E-state index in [1.807, 2.05) is 44.2 Å². The van der Waals surface area contributed by atoms with Gasteiger partial charge in [-0.2, -0.15) is 5.10 Å². The van der Waals surface area contributed by atoms with E-state index in [0.29, 0.717) is 6.54 Å². The molecule has 1 aromatic carbocycles. The van der Waals surface area contributed by atoms with Crippen molar-refractivity contribution >= 4 is 27.8 Å². The van der Waals surface area contributed by atoms with Crippen LogP contribution in [0.25, 0.3) is 0 Å². The van der Waals surface area contributed by atoms with Crippen LogP contribution in [0.5, 0.6) is 0 Å². The van der Waals surface area contributed by atoms with Crippen LogP contribution in [0.2, 0.25) is 0 Å². The van der Waals surface area contributed by atoms with Crippen LogP contribution in [0, 0.1) is 13.8 Å². The van der Waals surface area contributed by atoms with E-state index in [4.69, 9.17) is 5.11 Å². The minimum atomic E-state index is -0.923. The molecule has 0 unspecified atom stereocenters. The van der Waals surface area contributed by atoms with E-state index in [9.17, 15) is 9.59 Å². The second kappa shape index (κ2) is 8.10. The quantitative estimate of drug-likeness (QED) is 0.784. The lowest BCUT2D eigenvalue weighted by Crippen LogP contribution is -2.35. The fraction of sp³-hybridized carbons (Fsp3) is 0.353. The molecule has 2 aromatic rings. The number of carbonyl (C=O) groups is 2. The maximum Gasteiger partial charge on any atom is 0.305 e. The molecule has 0 saturated heterocycles. The molecule has 1 aromatic heterocycles. The Bertz CT molecular complexity index is 742. The monoisotopic (exact) mass is 393 g/mol. The van der Waals surface area contributed by atoms with Crippen LogP contribution in [0.15, 0.2) is 34.8 Å². The molecule has 6 nitrogen and oxygen atoms in total. The molecule has 0 atom stereocenters. The van der Waals surface area contributed by atoms with Crippen molar-refractivity contribution in [2.45, 2.75) is 33.4 Å². The van der Waals surface area contributed by atoms with Crippen molar-refractivity contribution in [2.75, 3.05) is 6.54 Å². The highest BCUT2D eigenvalue weighted by molar-refractivity contribution is 9.10. The minimum absolute atomic E-state index is 0.0864. The molecule has 0 aliphatic carbocycles. The van der Waals surface area contributed by atoms with Crippen molar-refractivity contribution in [1.82, 2.24) is 14.7 Å². The molecule has 128 valence electrons. The number of aliphatic carboxylic acids is 1. The highest BCUT2D eigenvalue weighted by atomic mass is 79.9. The van der Waals surface area contributed by atoms with Crippen molar-refractivity contribution in [3.63, 3.8) is 0 Å². The largest absolute Gasteiger partial charge is 0.481 e. The molecule has 7 heteroatoms. The summed E-state index contributed by atoms with van der Waals surface area (Å²) in [5.41, 5.74) is 2.70. The summed E-state index contributed by atoms with van der Waals surface area (Å²) in [5.74, 6) is -1.07. The normalized spacial score (nSPS) is 10.6.